The number of unbranched alkanes of at least 4 members (excludes halogenated alkanes) is 36. The molecule has 0 aliphatic carbocycles. The molecule has 15 heteroatoms. The summed E-state index contributed by atoms with van der Waals surface area (Å²) in [4.78, 5) is 60.1. The molecule has 0 aromatic carbocycles. The maximum atomic E-state index is 10.0. The van der Waals surface area contributed by atoms with Gasteiger partial charge in [-0.05, 0) is 77.0 Å². The standard InChI is InChI=1S/6C10H20O2.3Sn.6H/c6*1-2-3-4-5-6-7-8-9-10(11)12;;;;;;;;;/h6*2-9H2,1H3,(H,11,12);;;;;;;;;/q;;;;;;3*+2;;;;;;/p-6. The van der Waals surface area contributed by atoms with Crippen LogP contribution in [0.2, 0.25) is 0 Å². The van der Waals surface area contributed by atoms with Crippen LogP contribution in [0.15, 0.2) is 0 Å². The number of carbonyl (C=O) groups is 6. The Morgan fingerprint density at radius 3 is 0.333 bits per heavy atom. The minimum atomic E-state index is -0.913. The molecule has 0 saturated heterocycles. The first-order valence-electron chi connectivity index (χ1n) is 29.8. The van der Waals surface area contributed by atoms with Crippen molar-refractivity contribution < 1.29 is 59.4 Å². The number of rotatable bonds is 48. The zero-order chi connectivity index (χ0) is 55.4. The average molecular weight is 1390 g/mol. The SMILES string of the molecule is CCCCCCCCCC(=O)[O-].CCCCCCCCCC(=O)[O-].CCCCCCCCCC(=O)[O-].CCCCCCCCCC(=O)[O-].CCCCCCCCCC(=O)[O-].CCCCCCCCCC(=O)[O-].[SnH2+2].[SnH2+2].[SnH2+2]. The molecular weight excluding hydrogens is 1270 g/mol. The summed E-state index contributed by atoms with van der Waals surface area (Å²) >= 11 is 0. The average Bonchev–Trinajstić information content (AvgIpc) is 3.33. The number of carboxylic acid groups (broad SMARTS) is 6. The molecule has 0 rings (SSSR count). The van der Waals surface area contributed by atoms with Crippen molar-refractivity contribution in [3.63, 3.8) is 0 Å². The van der Waals surface area contributed by atoms with Gasteiger partial charge in [0.1, 0.15) is 0 Å². The summed E-state index contributed by atoms with van der Waals surface area (Å²) in [6, 6.07) is 0. The van der Waals surface area contributed by atoms with Gasteiger partial charge in [-0.15, -0.1) is 0 Å². The van der Waals surface area contributed by atoms with Crippen LogP contribution in [0.3, 0.4) is 0 Å². The van der Waals surface area contributed by atoms with Gasteiger partial charge in [0.25, 0.3) is 0 Å². The molecule has 0 unspecified atom stereocenters. The van der Waals surface area contributed by atoms with Crippen LogP contribution >= 0.6 is 0 Å². The molecule has 0 radical (unpaired) electrons. The van der Waals surface area contributed by atoms with Gasteiger partial charge < -0.3 is 59.4 Å². The molecule has 75 heavy (non-hydrogen) atoms. The number of hydrogen-bond donors (Lipinski definition) is 0. The first-order chi connectivity index (χ1) is 34.6. The monoisotopic (exact) mass is 1390 g/mol. The summed E-state index contributed by atoms with van der Waals surface area (Å²) < 4.78 is 0. The third-order valence-corrected chi connectivity index (χ3v) is 11.9. The van der Waals surface area contributed by atoms with Crippen molar-refractivity contribution in [1.82, 2.24) is 0 Å². The quantitative estimate of drug-likeness (QED) is 0.0411. The van der Waals surface area contributed by atoms with Gasteiger partial charge >= 0.3 is 71.7 Å². The van der Waals surface area contributed by atoms with E-state index in [1.54, 1.807) is 0 Å². The van der Waals surface area contributed by atoms with Gasteiger partial charge in [-0.3, -0.25) is 0 Å². The van der Waals surface area contributed by atoms with Crippen molar-refractivity contribution in [3.8, 4) is 0 Å². The molecule has 444 valence electrons. The molecule has 12 nitrogen and oxygen atoms in total. The predicted molar refractivity (Wildman–Crippen MR) is 311 cm³/mol. The van der Waals surface area contributed by atoms with Gasteiger partial charge in [-0.25, -0.2) is 0 Å². The zero-order valence-electron chi connectivity index (χ0n) is 50.0. The maximum absolute atomic E-state index is 10.0. The molecule has 0 aromatic rings. The van der Waals surface area contributed by atoms with Crippen molar-refractivity contribution in [2.24, 2.45) is 0 Å². The Morgan fingerprint density at radius 1 is 0.173 bits per heavy atom. The van der Waals surface area contributed by atoms with E-state index in [0.29, 0.717) is 0 Å². The molecule has 0 atom stereocenters. The summed E-state index contributed by atoms with van der Waals surface area (Å²) in [6.45, 7) is 13.1. The van der Waals surface area contributed by atoms with E-state index in [1.165, 1.54) is 193 Å². The number of carboxylic acids is 6. The second-order valence-electron chi connectivity index (χ2n) is 19.5. The second-order valence-corrected chi connectivity index (χ2v) is 19.5. The Kier molecular flexibility index (Phi) is 112. The first kappa shape index (κ1) is 93.5. The van der Waals surface area contributed by atoms with Crippen molar-refractivity contribution in [1.29, 1.82) is 0 Å². The Morgan fingerprint density at radius 2 is 0.253 bits per heavy atom. The van der Waals surface area contributed by atoms with Crippen molar-refractivity contribution >= 4 is 108 Å². The minimum absolute atomic E-state index is 0. The second kappa shape index (κ2) is 89.8. The van der Waals surface area contributed by atoms with Crippen molar-refractivity contribution in [2.45, 2.75) is 350 Å². The van der Waals surface area contributed by atoms with E-state index in [4.69, 9.17) is 0 Å². The van der Waals surface area contributed by atoms with Crippen LogP contribution in [-0.2, 0) is 28.8 Å². The van der Waals surface area contributed by atoms with Crippen LogP contribution in [0.1, 0.15) is 350 Å². The molecule has 0 saturated carbocycles. The van der Waals surface area contributed by atoms with Crippen LogP contribution in [0, 0.1) is 0 Å². The summed E-state index contributed by atoms with van der Waals surface area (Å²) in [6.07, 6.45) is 50.1. The van der Waals surface area contributed by atoms with Crippen LogP contribution in [-0.4, -0.2) is 108 Å². The van der Waals surface area contributed by atoms with Crippen LogP contribution in [0.5, 0.6) is 0 Å². The fraction of sp³-hybridized carbons (Fsp3) is 0.900. The van der Waals surface area contributed by atoms with Crippen LogP contribution < -0.4 is 30.6 Å². The van der Waals surface area contributed by atoms with E-state index >= 15 is 0 Å². The topological polar surface area (TPSA) is 241 Å². The first-order valence-corrected chi connectivity index (χ1v) is 29.8. The fourth-order valence-electron chi connectivity index (χ4n) is 7.36. The van der Waals surface area contributed by atoms with Gasteiger partial charge in [-0.1, -0.05) is 273 Å². The normalized spacial score (nSPS) is 9.68. The van der Waals surface area contributed by atoms with E-state index in [1.807, 2.05) is 0 Å². The van der Waals surface area contributed by atoms with Crippen molar-refractivity contribution in [3.05, 3.63) is 0 Å². The molecule has 0 heterocycles. The van der Waals surface area contributed by atoms with Crippen LogP contribution in [0.4, 0.5) is 0 Å². The summed E-state index contributed by atoms with van der Waals surface area (Å²) in [5.74, 6) is -5.48. The van der Waals surface area contributed by atoms with Gasteiger partial charge in [0.2, 0.25) is 0 Å². The Bertz CT molecular complexity index is 898. The predicted octanol–water partition coefficient (Wildman–Crippen LogP) is 8.51. The molecule has 0 spiro atoms. The van der Waals surface area contributed by atoms with E-state index < -0.39 is 35.8 Å². The Labute approximate surface area is 512 Å². The molecule has 0 aliphatic rings. The van der Waals surface area contributed by atoms with Gasteiger partial charge in [-0.2, -0.15) is 0 Å². The third kappa shape index (κ3) is 131. The fourth-order valence-corrected chi connectivity index (χ4v) is 7.36. The third-order valence-electron chi connectivity index (χ3n) is 11.9. The van der Waals surface area contributed by atoms with Gasteiger partial charge in [0.05, 0.1) is 0 Å². The molecule has 0 N–H and O–H groups in total. The van der Waals surface area contributed by atoms with Gasteiger partial charge in [0, 0.05) is 35.8 Å². The molecule has 0 bridgehead atoms. The number of hydrogen-bond acceptors (Lipinski definition) is 12. The van der Waals surface area contributed by atoms with E-state index in [0.717, 1.165) is 77.0 Å². The van der Waals surface area contributed by atoms with Crippen molar-refractivity contribution in [2.75, 3.05) is 0 Å². The van der Waals surface area contributed by atoms with E-state index in [-0.39, 0.29) is 110 Å². The van der Waals surface area contributed by atoms with E-state index in [2.05, 4.69) is 41.5 Å². The summed E-state index contributed by atoms with van der Waals surface area (Å²) in [7, 11) is 0. The molecule has 0 amide bonds. The molecule has 0 fully saturated rings. The number of carbonyl (C=O) groups excluding carboxylic acids is 6. The number of aliphatic carboxylic acids is 6. The molecule has 0 aromatic heterocycles. The Balaban J connectivity index is -0.0000000988. The summed E-state index contributed by atoms with van der Waals surface area (Å²) in [5.41, 5.74) is 0. The Hall–Kier alpha value is -0.784. The summed E-state index contributed by atoms with van der Waals surface area (Å²) in [5, 5.41) is 60.1. The molecule has 0 aliphatic heterocycles. The van der Waals surface area contributed by atoms with Crippen LogP contribution in [0.25, 0.3) is 0 Å². The molecular formula is C60H120O12Sn3. The van der Waals surface area contributed by atoms with Gasteiger partial charge in [0.15, 0.2) is 0 Å². The van der Waals surface area contributed by atoms with E-state index in [9.17, 15) is 59.4 Å². The zero-order valence-corrected chi connectivity index (χ0v) is 62.1.